The Hall–Kier alpha value is -2.17. The maximum atomic E-state index is 11.2. The summed E-state index contributed by atoms with van der Waals surface area (Å²) in [4.78, 5) is 11.2. The average molecular weight is 248 g/mol. The van der Waals surface area contributed by atoms with Crippen molar-refractivity contribution in [3.05, 3.63) is 35.7 Å². The Bertz CT molecular complexity index is 489. The second kappa shape index (κ2) is 6.54. The van der Waals surface area contributed by atoms with Crippen LogP contribution in [0.3, 0.4) is 0 Å². The normalized spacial score (nSPS) is 12.4. The van der Waals surface area contributed by atoms with Crippen LogP contribution in [0.25, 0.3) is 0 Å². The van der Waals surface area contributed by atoms with Crippen LogP contribution in [-0.4, -0.2) is 17.5 Å². The quantitative estimate of drug-likeness (QED) is 0.492. The number of ether oxygens (including phenoxy) is 1. The van der Waals surface area contributed by atoms with Crippen molar-refractivity contribution in [3.8, 4) is 5.75 Å². The summed E-state index contributed by atoms with van der Waals surface area (Å²) >= 11 is 0. The van der Waals surface area contributed by atoms with E-state index in [1.54, 1.807) is 18.2 Å². The lowest BCUT2D eigenvalue weighted by Gasteiger charge is -2.02. The summed E-state index contributed by atoms with van der Waals surface area (Å²) in [5, 5.41) is 16.9. The highest BCUT2D eigenvalue weighted by Gasteiger charge is 2.06. The maximum Gasteiger partial charge on any atom is 0.183 e. The van der Waals surface area contributed by atoms with Gasteiger partial charge in [0.2, 0.25) is 0 Å². The molecular weight excluding hydrogens is 232 g/mol. The van der Waals surface area contributed by atoms with E-state index in [2.05, 4.69) is 10.2 Å². The predicted octanol–water partition coefficient (Wildman–Crippen LogP) is 3.55. The molecule has 0 aliphatic carbocycles. The first-order chi connectivity index (χ1) is 8.54. The van der Waals surface area contributed by atoms with Crippen molar-refractivity contribution in [2.24, 2.45) is 10.2 Å². The summed E-state index contributed by atoms with van der Waals surface area (Å²) < 4.78 is 5.32. The van der Waals surface area contributed by atoms with E-state index in [-0.39, 0.29) is 17.2 Å². The largest absolute Gasteiger partial charge is 0.510 e. The van der Waals surface area contributed by atoms with Gasteiger partial charge >= 0.3 is 0 Å². The molecule has 18 heavy (non-hydrogen) atoms. The van der Waals surface area contributed by atoms with Gasteiger partial charge in [0.15, 0.2) is 11.5 Å². The van der Waals surface area contributed by atoms with Gasteiger partial charge in [-0.15, -0.1) is 5.11 Å². The first-order valence-corrected chi connectivity index (χ1v) is 5.60. The van der Waals surface area contributed by atoms with Crippen LogP contribution in [-0.2, 0) is 4.79 Å². The molecule has 5 nitrogen and oxygen atoms in total. The molecule has 0 saturated heterocycles. The van der Waals surface area contributed by atoms with E-state index in [1.807, 2.05) is 13.0 Å². The van der Waals surface area contributed by atoms with Crippen LogP contribution >= 0.6 is 0 Å². The van der Waals surface area contributed by atoms with Crippen LogP contribution in [0, 0.1) is 0 Å². The Kier molecular flexibility index (Phi) is 5.05. The van der Waals surface area contributed by atoms with Crippen molar-refractivity contribution in [2.75, 3.05) is 6.61 Å². The number of carbonyl (C=O) groups is 1. The average Bonchev–Trinajstić information content (AvgIpc) is 2.29. The molecule has 1 rings (SSSR count). The Labute approximate surface area is 106 Å². The number of aliphatic hydroxyl groups excluding tert-OH is 1. The Morgan fingerprint density at radius 2 is 2.11 bits per heavy atom. The third-order valence-corrected chi connectivity index (χ3v) is 2.07. The molecule has 1 N–H and O–H groups in total. The molecule has 0 aromatic heterocycles. The molecule has 0 saturated carbocycles. The van der Waals surface area contributed by atoms with E-state index in [4.69, 9.17) is 4.74 Å². The fourth-order valence-electron chi connectivity index (χ4n) is 1.31. The van der Waals surface area contributed by atoms with E-state index in [9.17, 15) is 9.90 Å². The molecule has 5 heteroatoms. The minimum absolute atomic E-state index is 0.0446. The van der Waals surface area contributed by atoms with E-state index < -0.39 is 0 Å². The first kappa shape index (κ1) is 13.9. The molecule has 0 spiro atoms. The van der Waals surface area contributed by atoms with Crippen molar-refractivity contribution in [1.29, 1.82) is 0 Å². The van der Waals surface area contributed by atoms with Gasteiger partial charge in [0.25, 0.3) is 0 Å². The molecule has 0 unspecified atom stereocenters. The van der Waals surface area contributed by atoms with Gasteiger partial charge in [-0.2, -0.15) is 5.11 Å². The van der Waals surface area contributed by atoms with Gasteiger partial charge in [0.05, 0.1) is 12.3 Å². The summed E-state index contributed by atoms with van der Waals surface area (Å²) in [5.74, 6) is 0.204. The van der Waals surface area contributed by atoms with Gasteiger partial charge in [0.1, 0.15) is 11.5 Å². The van der Waals surface area contributed by atoms with Crippen molar-refractivity contribution >= 4 is 11.5 Å². The summed E-state index contributed by atoms with van der Waals surface area (Å²) in [6.07, 6.45) is 0. The summed E-state index contributed by atoms with van der Waals surface area (Å²) in [6.45, 7) is 5.17. The van der Waals surface area contributed by atoms with Gasteiger partial charge < -0.3 is 9.84 Å². The molecule has 0 aliphatic rings. The molecule has 0 bridgehead atoms. The highest BCUT2D eigenvalue weighted by atomic mass is 16.5. The molecule has 0 fully saturated rings. The lowest BCUT2D eigenvalue weighted by atomic mass is 10.3. The molecule has 0 atom stereocenters. The van der Waals surface area contributed by atoms with Gasteiger partial charge in [-0.25, -0.2) is 0 Å². The number of hydrogen-bond acceptors (Lipinski definition) is 5. The molecule has 0 aliphatic heterocycles. The molecule has 1 aromatic carbocycles. The smallest absolute Gasteiger partial charge is 0.183 e. The number of benzene rings is 1. The number of allylic oxidation sites excluding steroid dienone is 2. The standard InChI is InChI=1S/C13H16N2O3/c1-4-18-12-7-5-6-11(8-12)14-15-13(9(2)16)10(3)17/h5-8,16H,4H2,1-3H3. The van der Waals surface area contributed by atoms with E-state index in [0.717, 1.165) is 0 Å². The zero-order chi connectivity index (χ0) is 13.5. The third kappa shape index (κ3) is 4.01. The number of aliphatic hydroxyl groups is 1. The molecular formula is C13H16N2O3. The van der Waals surface area contributed by atoms with Crippen LogP contribution in [0.15, 0.2) is 46.0 Å². The Morgan fingerprint density at radius 1 is 1.39 bits per heavy atom. The summed E-state index contributed by atoms with van der Waals surface area (Å²) in [7, 11) is 0. The lowest BCUT2D eigenvalue weighted by molar-refractivity contribution is -0.113. The topological polar surface area (TPSA) is 71.2 Å². The number of nitrogens with zero attached hydrogens (tertiary/aromatic N) is 2. The fourth-order valence-corrected chi connectivity index (χ4v) is 1.31. The van der Waals surface area contributed by atoms with Crippen LogP contribution in [0.2, 0.25) is 0 Å². The molecule has 96 valence electrons. The van der Waals surface area contributed by atoms with Gasteiger partial charge in [0, 0.05) is 13.0 Å². The molecule has 0 radical (unpaired) electrons. The van der Waals surface area contributed by atoms with Gasteiger partial charge in [-0.3, -0.25) is 4.79 Å². The number of hydrogen-bond donors (Lipinski definition) is 1. The summed E-state index contributed by atoms with van der Waals surface area (Å²) in [5.41, 5.74) is 0.512. The van der Waals surface area contributed by atoms with Crippen LogP contribution < -0.4 is 4.74 Å². The molecule has 0 heterocycles. The minimum Gasteiger partial charge on any atom is -0.510 e. The highest BCUT2D eigenvalue weighted by molar-refractivity contribution is 5.93. The zero-order valence-electron chi connectivity index (χ0n) is 10.7. The van der Waals surface area contributed by atoms with Crippen molar-refractivity contribution < 1.29 is 14.6 Å². The Balaban J connectivity index is 2.93. The molecule has 0 amide bonds. The fraction of sp³-hybridized carbons (Fsp3) is 0.308. The zero-order valence-corrected chi connectivity index (χ0v) is 10.7. The number of rotatable bonds is 5. The van der Waals surface area contributed by atoms with Gasteiger partial charge in [-0.1, -0.05) is 6.07 Å². The SMILES string of the molecule is CCOc1cccc(N=NC(C(C)=O)=C(C)O)c1. The number of ketones is 1. The van der Waals surface area contributed by atoms with E-state index in [1.165, 1.54) is 13.8 Å². The minimum atomic E-state index is -0.334. The van der Waals surface area contributed by atoms with Gasteiger partial charge in [-0.05, 0) is 26.0 Å². The van der Waals surface area contributed by atoms with E-state index in [0.29, 0.717) is 18.0 Å². The number of carbonyl (C=O) groups excluding carboxylic acids is 1. The van der Waals surface area contributed by atoms with E-state index >= 15 is 0 Å². The highest BCUT2D eigenvalue weighted by Crippen LogP contribution is 2.21. The van der Waals surface area contributed by atoms with Crippen LogP contribution in [0.4, 0.5) is 5.69 Å². The van der Waals surface area contributed by atoms with Crippen molar-refractivity contribution in [2.45, 2.75) is 20.8 Å². The number of azo groups is 1. The second-order valence-corrected chi connectivity index (χ2v) is 3.62. The number of Topliss-reactive ketones (excluding diaryl/α,β-unsaturated/α-hetero) is 1. The molecule has 1 aromatic rings. The second-order valence-electron chi connectivity index (χ2n) is 3.62. The monoisotopic (exact) mass is 248 g/mol. The maximum absolute atomic E-state index is 11.2. The third-order valence-electron chi connectivity index (χ3n) is 2.07. The lowest BCUT2D eigenvalue weighted by Crippen LogP contribution is -1.96. The van der Waals surface area contributed by atoms with Crippen molar-refractivity contribution in [1.82, 2.24) is 0 Å². The predicted molar refractivity (Wildman–Crippen MR) is 68.1 cm³/mol. The summed E-state index contributed by atoms with van der Waals surface area (Å²) in [6, 6.07) is 7.03. The van der Waals surface area contributed by atoms with Crippen LogP contribution in [0.1, 0.15) is 20.8 Å². The Morgan fingerprint density at radius 3 is 2.67 bits per heavy atom. The van der Waals surface area contributed by atoms with Crippen molar-refractivity contribution in [3.63, 3.8) is 0 Å². The van der Waals surface area contributed by atoms with Crippen LogP contribution in [0.5, 0.6) is 5.75 Å². The first-order valence-electron chi connectivity index (χ1n) is 5.60.